The number of carbonyl (C=O) groups is 1. The molecule has 0 heterocycles. The Morgan fingerprint density at radius 2 is 2.00 bits per heavy atom. The molecule has 0 aromatic heterocycles. The summed E-state index contributed by atoms with van der Waals surface area (Å²) in [6.45, 7) is 7.85. The van der Waals surface area contributed by atoms with Crippen LogP contribution in [0, 0.1) is 5.41 Å². The predicted molar refractivity (Wildman–Crippen MR) is 58.1 cm³/mol. The molecule has 1 aliphatic carbocycles. The Labute approximate surface area is 86.9 Å². The van der Waals surface area contributed by atoms with E-state index in [1.54, 1.807) is 0 Å². The van der Waals surface area contributed by atoms with Crippen LogP contribution in [0.1, 0.15) is 33.6 Å². The minimum atomic E-state index is 0.219. The topological polar surface area (TPSA) is 32.3 Å². The lowest BCUT2D eigenvalue weighted by Gasteiger charge is -2.21. The molecule has 0 spiro atoms. The van der Waals surface area contributed by atoms with Gasteiger partial charge in [0.1, 0.15) is 0 Å². The first kappa shape index (κ1) is 11.5. The van der Waals surface area contributed by atoms with Crippen LogP contribution in [0.25, 0.3) is 0 Å². The number of nitrogens with one attached hydrogen (secondary N) is 1. The summed E-state index contributed by atoms with van der Waals surface area (Å²) < 4.78 is 0. The van der Waals surface area contributed by atoms with Crippen molar-refractivity contribution in [3.63, 3.8) is 0 Å². The fourth-order valence-electron chi connectivity index (χ4n) is 1.33. The molecule has 0 aliphatic heterocycles. The lowest BCUT2D eigenvalue weighted by Crippen LogP contribution is -2.39. The van der Waals surface area contributed by atoms with E-state index in [-0.39, 0.29) is 11.3 Å². The molecule has 0 aromatic rings. The highest BCUT2D eigenvalue weighted by molar-refractivity contribution is 5.78. The Bertz CT molecular complexity index is 204. The van der Waals surface area contributed by atoms with Crippen LogP contribution >= 0.6 is 0 Å². The van der Waals surface area contributed by atoms with E-state index in [1.807, 2.05) is 11.9 Å². The van der Waals surface area contributed by atoms with Gasteiger partial charge < -0.3 is 10.2 Å². The van der Waals surface area contributed by atoms with Crippen LogP contribution in [-0.2, 0) is 4.79 Å². The summed E-state index contributed by atoms with van der Waals surface area (Å²) >= 11 is 0. The minimum Gasteiger partial charge on any atom is -0.342 e. The maximum absolute atomic E-state index is 11.6. The van der Waals surface area contributed by atoms with E-state index in [1.165, 1.54) is 12.8 Å². The van der Waals surface area contributed by atoms with Crippen molar-refractivity contribution in [2.45, 2.75) is 39.7 Å². The number of likely N-dealkylation sites (N-methyl/N-ethyl adjacent to an activating group) is 1. The fourth-order valence-corrected chi connectivity index (χ4v) is 1.33. The normalized spacial score (nSPS) is 16.9. The van der Waals surface area contributed by atoms with Gasteiger partial charge in [-0.1, -0.05) is 20.8 Å². The van der Waals surface area contributed by atoms with E-state index in [0.717, 1.165) is 6.54 Å². The second-order valence-electron chi connectivity index (χ2n) is 5.40. The van der Waals surface area contributed by atoms with Crippen LogP contribution in [0.2, 0.25) is 0 Å². The molecule has 0 unspecified atom stereocenters. The Hall–Kier alpha value is -0.570. The summed E-state index contributed by atoms with van der Waals surface area (Å²) in [6.07, 6.45) is 2.36. The van der Waals surface area contributed by atoms with E-state index < -0.39 is 0 Å². The summed E-state index contributed by atoms with van der Waals surface area (Å²) in [6, 6.07) is 0.527. The molecule has 3 heteroatoms. The highest BCUT2D eigenvalue weighted by atomic mass is 16.2. The lowest BCUT2D eigenvalue weighted by molar-refractivity contribution is -0.129. The molecule has 1 aliphatic rings. The number of rotatable bonds is 4. The predicted octanol–water partition coefficient (Wildman–Crippen LogP) is 1.24. The summed E-state index contributed by atoms with van der Waals surface area (Å²) in [5, 5.41) is 3.20. The van der Waals surface area contributed by atoms with Gasteiger partial charge in [0.05, 0.1) is 6.54 Å². The maximum atomic E-state index is 11.6. The van der Waals surface area contributed by atoms with Gasteiger partial charge >= 0.3 is 0 Å². The summed E-state index contributed by atoms with van der Waals surface area (Å²) in [7, 11) is 1.90. The Morgan fingerprint density at radius 1 is 1.43 bits per heavy atom. The van der Waals surface area contributed by atoms with E-state index >= 15 is 0 Å². The van der Waals surface area contributed by atoms with Gasteiger partial charge in [-0.05, 0) is 18.3 Å². The molecular weight excluding hydrogens is 176 g/mol. The second-order valence-corrected chi connectivity index (χ2v) is 5.40. The number of hydrogen-bond donors (Lipinski definition) is 1. The molecule has 0 bridgehead atoms. The molecule has 0 atom stereocenters. The second kappa shape index (κ2) is 4.30. The van der Waals surface area contributed by atoms with Crippen molar-refractivity contribution in [2.24, 2.45) is 5.41 Å². The molecule has 3 nitrogen and oxygen atoms in total. The van der Waals surface area contributed by atoms with Gasteiger partial charge in [0.25, 0.3) is 0 Å². The molecule has 1 fully saturated rings. The van der Waals surface area contributed by atoms with Crippen molar-refractivity contribution in [3.05, 3.63) is 0 Å². The average Bonchev–Trinajstić information content (AvgIpc) is 2.82. The van der Waals surface area contributed by atoms with Crippen LogP contribution < -0.4 is 5.32 Å². The molecule has 14 heavy (non-hydrogen) atoms. The largest absolute Gasteiger partial charge is 0.342 e. The van der Waals surface area contributed by atoms with Crippen LogP contribution in [0.4, 0.5) is 0 Å². The number of carbonyl (C=O) groups excluding carboxylic acids is 1. The molecule has 0 saturated heterocycles. The van der Waals surface area contributed by atoms with Crippen molar-refractivity contribution in [1.82, 2.24) is 10.2 Å². The first-order valence-corrected chi connectivity index (χ1v) is 5.36. The smallest absolute Gasteiger partial charge is 0.236 e. The molecule has 0 radical (unpaired) electrons. The first-order chi connectivity index (χ1) is 6.40. The van der Waals surface area contributed by atoms with E-state index in [9.17, 15) is 4.79 Å². The maximum Gasteiger partial charge on any atom is 0.236 e. The third-order valence-corrected chi connectivity index (χ3v) is 2.42. The molecule has 1 N–H and O–H groups in total. The van der Waals surface area contributed by atoms with Crippen molar-refractivity contribution in [1.29, 1.82) is 0 Å². The minimum absolute atomic E-state index is 0.219. The summed E-state index contributed by atoms with van der Waals surface area (Å²) in [4.78, 5) is 13.4. The number of nitrogens with zero attached hydrogens (tertiary/aromatic N) is 1. The zero-order valence-corrected chi connectivity index (χ0v) is 9.76. The Kier molecular flexibility index (Phi) is 3.53. The van der Waals surface area contributed by atoms with Crippen LogP contribution in [0.15, 0.2) is 0 Å². The van der Waals surface area contributed by atoms with Gasteiger partial charge in [0.15, 0.2) is 0 Å². The van der Waals surface area contributed by atoms with Gasteiger partial charge in [-0.3, -0.25) is 4.79 Å². The monoisotopic (exact) mass is 198 g/mol. The third-order valence-electron chi connectivity index (χ3n) is 2.42. The van der Waals surface area contributed by atoms with E-state index in [4.69, 9.17) is 0 Å². The van der Waals surface area contributed by atoms with E-state index in [2.05, 4.69) is 26.1 Å². The third kappa shape index (κ3) is 4.09. The van der Waals surface area contributed by atoms with Crippen molar-refractivity contribution < 1.29 is 4.79 Å². The molecule has 82 valence electrons. The molecular formula is C11H22N2O. The summed E-state index contributed by atoms with van der Waals surface area (Å²) in [5.41, 5.74) is 0.248. The standard InChI is InChI=1S/C11H22N2O/c1-11(2,3)8-12-7-10(14)13(4)9-5-6-9/h9,12H,5-8H2,1-4H3. The molecule has 0 aromatic carbocycles. The first-order valence-electron chi connectivity index (χ1n) is 5.36. The zero-order chi connectivity index (χ0) is 10.8. The number of amides is 1. The fraction of sp³-hybridized carbons (Fsp3) is 0.909. The Balaban J connectivity index is 2.14. The highest BCUT2D eigenvalue weighted by Crippen LogP contribution is 2.25. The number of hydrogen-bond acceptors (Lipinski definition) is 2. The quantitative estimate of drug-likeness (QED) is 0.737. The van der Waals surface area contributed by atoms with Gasteiger partial charge in [0.2, 0.25) is 5.91 Å². The SMILES string of the molecule is CN(C(=O)CNCC(C)(C)C)C1CC1. The Morgan fingerprint density at radius 3 is 2.43 bits per heavy atom. The van der Waals surface area contributed by atoms with Gasteiger partial charge in [-0.2, -0.15) is 0 Å². The average molecular weight is 198 g/mol. The lowest BCUT2D eigenvalue weighted by atomic mass is 9.97. The van der Waals surface area contributed by atoms with Crippen LogP contribution in [0.5, 0.6) is 0 Å². The highest BCUT2D eigenvalue weighted by Gasteiger charge is 2.29. The molecule has 1 rings (SSSR count). The van der Waals surface area contributed by atoms with Crippen LogP contribution in [-0.4, -0.2) is 37.0 Å². The van der Waals surface area contributed by atoms with Gasteiger partial charge in [0, 0.05) is 19.6 Å². The molecule has 1 amide bonds. The zero-order valence-electron chi connectivity index (χ0n) is 9.76. The van der Waals surface area contributed by atoms with Crippen molar-refractivity contribution >= 4 is 5.91 Å². The van der Waals surface area contributed by atoms with Gasteiger partial charge in [-0.15, -0.1) is 0 Å². The van der Waals surface area contributed by atoms with Crippen LogP contribution in [0.3, 0.4) is 0 Å². The van der Waals surface area contributed by atoms with E-state index in [0.29, 0.717) is 12.6 Å². The van der Waals surface area contributed by atoms with Gasteiger partial charge in [-0.25, -0.2) is 0 Å². The molecule has 1 saturated carbocycles. The summed E-state index contributed by atoms with van der Waals surface area (Å²) in [5.74, 6) is 0.219. The van der Waals surface area contributed by atoms with Crippen molar-refractivity contribution in [3.8, 4) is 0 Å². The van der Waals surface area contributed by atoms with Crippen molar-refractivity contribution in [2.75, 3.05) is 20.1 Å².